The Bertz CT molecular complexity index is 1010. The van der Waals surface area contributed by atoms with Crippen LogP contribution in [0.1, 0.15) is 56.4 Å². The normalized spacial score (nSPS) is 11.6. The fraction of sp³-hybridized carbons (Fsp3) is 0.458. The lowest BCUT2D eigenvalue weighted by atomic mass is 9.89. The summed E-state index contributed by atoms with van der Waals surface area (Å²) in [7, 11) is 3.00. The zero-order valence-electron chi connectivity index (χ0n) is 19.6. The van der Waals surface area contributed by atoms with Gasteiger partial charge in [-0.2, -0.15) is 0 Å². The molecule has 0 saturated carbocycles. The highest BCUT2D eigenvalue weighted by Crippen LogP contribution is 2.39. The molecule has 0 saturated heterocycles. The van der Waals surface area contributed by atoms with E-state index in [4.69, 9.17) is 23.7 Å². The zero-order chi connectivity index (χ0) is 24.5. The van der Waals surface area contributed by atoms with Gasteiger partial charge in [-0.3, -0.25) is 14.4 Å². The predicted octanol–water partition coefficient (Wildman–Crippen LogP) is 3.36. The van der Waals surface area contributed by atoms with E-state index in [1.165, 1.54) is 28.1 Å². The maximum Gasteiger partial charge on any atom is 0.305 e. The Kier molecular flexibility index (Phi) is 9.47. The summed E-state index contributed by atoms with van der Waals surface area (Å²) in [4.78, 5) is 34.9. The van der Waals surface area contributed by atoms with Crippen molar-refractivity contribution in [3.63, 3.8) is 0 Å². The van der Waals surface area contributed by atoms with Gasteiger partial charge in [-0.25, -0.2) is 0 Å². The molecule has 0 fully saturated rings. The average molecular weight is 462 g/mol. The van der Waals surface area contributed by atoms with Crippen molar-refractivity contribution in [2.24, 2.45) is 0 Å². The Labute approximate surface area is 192 Å². The van der Waals surface area contributed by atoms with E-state index in [0.717, 1.165) is 0 Å². The predicted molar refractivity (Wildman–Crippen MR) is 119 cm³/mol. The first kappa shape index (κ1) is 25.9. The molecule has 0 radical (unpaired) electrons. The molecule has 0 bridgehead atoms. The smallest absolute Gasteiger partial charge is 0.305 e. The van der Waals surface area contributed by atoms with E-state index in [0.29, 0.717) is 39.0 Å². The number of benzene rings is 2. The molecule has 2 aromatic rings. The molecule has 9 nitrogen and oxygen atoms in total. The van der Waals surface area contributed by atoms with Gasteiger partial charge in [0.05, 0.1) is 26.9 Å². The second-order valence-corrected chi connectivity index (χ2v) is 7.28. The number of fused-ring (bicyclic) bond motifs is 1. The second-order valence-electron chi connectivity index (χ2n) is 7.28. The number of ether oxygens (including phenoxy) is 5. The van der Waals surface area contributed by atoms with Crippen molar-refractivity contribution in [1.82, 2.24) is 0 Å². The SMILES string of the molecule is CCOC(=O)CCC(O)c1c(COC(C)=O)c(COC(C)=O)cc2cc(OC)c(OC)cc12. The zero-order valence-corrected chi connectivity index (χ0v) is 19.6. The Hall–Kier alpha value is -3.33. The maximum absolute atomic E-state index is 11.9. The summed E-state index contributed by atoms with van der Waals surface area (Å²) in [6, 6.07) is 5.23. The fourth-order valence-corrected chi connectivity index (χ4v) is 3.52. The molecular formula is C24H30O9. The molecule has 0 aliphatic rings. The van der Waals surface area contributed by atoms with Gasteiger partial charge < -0.3 is 28.8 Å². The number of aliphatic hydroxyl groups excluding tert-OH is 1. The van der Waals surface area contributed by atoms with Crippen LogP contribution in [0.2, 0.25) is 0 Å². The van der Waals surface area contributed by atoms with E-state index < -0.39 is 24.0 Å². The van der Waals surface area contributed by atoms with E-state index in [1.807, 2.05) is 0 Å². The van der Waals surface area contributed by atoms with Gasteiger partial charge in [0.1, 0.15) is 13.2 Å². The largest absolute Gasteiger partial charge is 0.493 e. The minimum atomic E-state index is -1.10. The van der Waals surface area contributed by atoms with E-state index >= 15 is 0 Å². The molecule has 0 spiro atoms. The molecule has 0 heterocycles. The van der Waals surface area contributed by atoms with Gasteiger partial charge in [0.2, 0.25) is 0 Å². The van der Waals surface area contributed by atoms with Crippen LogP contribution in [-0.4, -0.2) is 43.8 Å². The first-order valence-electron chi connectivity index (χ1n) is 10.5. The maximum atomic E-state index is 11.9. The van der Waals surface area contributed by atoms with Gasteiger partial charge in [0.15, 0.2) is 11.5 Å². The third-order valence-corrected chi connectivity index (χ3v) is 5.00. The number of carbonyl (C=O) groups is 3. The van der Waals surface area contributed by atoms with E-state index in [2.05, 4.69) is 0 Å². The molecule has 2 rings (SSSR count). The minimum absolute atomic E-state index is 0.00896. The van der Waals surface area contributed by atoms with Crippen LogP contribution in [0.4, 0.5) is 0 Å². The van der Waals surface area contributed by atoms with Crippen LogP contribution >= 0.6 is 0 Å². The molecule has 0 aliphatic heterocycles. The minimum Gasteiger partial charge on any atom is -0.493 e. The fourth-order valence-electron chi connectivity index (χ4n) is 3.52. The topological polar surface area (TPSA) is 118 Å². The van der Waals surface area contributed by atoms with Crippen molar-refractivity contribution in [1.29, 1.82) is 0 Å². The summed E-state index contributed by atoms with van der Waals surface area (Å²) in [5.41, 5.74) is 1.49. The number of carbonyl (C=O) groups excluding carboxylic acids is 3. The number of hydrogen-bond donors (Lipinski definition) is 1. The van der Waals surface area contributed by atoms with Gasteiger partial charge in [-0.1, -0.05) is 0 Å². The highest BCUT2D eigenvalue weighted by atomic mass is 16.5. The lowest BCUT2D eigenvalue weighted by molar-refractivity contribution is -0.144. The Balaban J connectivity index is 2.71. The summed E-state index contributed by atoms with van der Waals surface area (Å²) in [5, 5.41) is 12.5. The van der Waals surface area contributed by atoms with Crippen LogP contribution in [-0.2, 0) is 41.8 Å². The lowest BCUT2D eigenvalue weighted by Crippen LogP contribution is -2.13. The third-order valence-electron chi connectivity index (χ3n) is 5.00. The Morgan fingerprint density at radius 2 is 1.52 bits per heavy atom. The summed E-state index contributed by atoms with van der Waals surface area (Å²) < 4.78 is 26.2. The van der Waals surface area contributed by atoms with E-state index in [9.17, 15) is 19.5 Å². The van der Waals surface area contributed by atoms with Crippen molar-refractivity contribution in [3.05, 3.63) is 34.9 Å². The third kappa shape index (κ3) is 6.82. The summed E-state index contributed by atoms with van der Waals surface area (Å²) in [6.45, 7) is 4.27. The van der Waals surface area contributed by atoms with E-state index in [-0.39, 0.29) is 32.7 Å². The highest BCUT2D eigenvalue weighted by Gasteiger charge is 2.23. The van der Waals surface area contributed by atoms with Gasteiger partial charge in [0, 0.05) is 25.8 Å². The molecule has 2 aromatic carbocycles. The second kappa shape index (κ2) is 12.1. The van der Waals surface area contributed by atoms with Crippen LogP contribution in [0.25, 0.3) is 10.8 Å². The summed E-state index contributed by atoms with van der Waals surface area (Å²) in [5.74, 6) is -0.506. The molecule has 1 atom stereocenters. The van der Waals surface area contributed by atoms with Gasteiger partial charge >= 0.3 is 17.9 Å². The standard InChI is InChI=1S/C24H30O9/c1-6-31-23(28)8-7-20(27)24-18-11-22(30-5)21(29-4)10-16(18)9-17(12-32-14(2)25)19(24)13-33-15(3)26/h9-11,20,27H,6-8,12-13H2,1-5H3. The number of methoxy groups -OCH3 is 2. The quantitative estimate of drug-likeness (QED) is 0.396. The number of rotatable bonds is 11. The van der Waals surface area contributed by atoms with E-state index in [1.54, 1.807) is 25.1 Å². The van der Waals surface area contributed by atoms with Gasteiger partial charge in [-0.15, -0.1) is 0 Å². The molecule has 1 N–H and O–H groups in total. The van der Waals surface area contributed by atoms with Crippen molar-refractivity contribution >= 4 is 28.7 Å². The van der Waals surface area contributed by atoms with Gasteiger partial charge in [0.25, 0.3) is 0 Å². The molecule has 0 aliphatic carbocycles. The lowest BCUT2D eigenvalue weighted by Gasteiger charge is -2.22. The molecule has 180 valence electrons. The van der Waals surface area contributed by atoms with Crippen molar-refractivity contribution in [2.75, 3.05) is 20.8 Å². The monoisotopic (exact) mass is 462 g/mol. The number of esters is 3. The molecular weight excluding hydrogens is 432 g/mol. The Morgan fingerprint density at radius 1 is 0.909 bits per heavy atom. The van der Waals surface area contributed by atoms with Crippen molar-refractivity contribution in [2.45, 2.75) is 52.9 Å². The number of hydrogen-bond acceptors (Lipinski definition) is 9. The van der Waals surface area contributed by atoms with Crippen LogP contribution in [0, 0.1) is 0 Å². The van der Waals surface area contributed by atoms with Gasteiger partial charge in [-0.05, 0) is 53.4 Å². The number of aliphatic hydroxyl groups is 1. The van der Waals surface area contributed by atoms with Crippen LogP contribution < -0.4 is 9.47 Å². The molecule has 9 heteroatoms. The first-order chi connectivity index (χ1) is 15.7. The van der Waals surface area contributed by atoms with Crippen molar-refractivity contribution < 1.29 is 43.2 Å². The molecule has 0 amide bonds. The Morgan fingerprint density at radius 3 is 2.09 bits per heavy atom. The average Bonchev–Trinajstić information content (AvgIpc) is 2.78. The summed E-state index contributed by atoms with van der Waals surface area (Å²) >= 11 is 0. The highest BCUT2D eigenvalue weighted by molar-refractivity contribution is 5.91. The molecule has 0 aromatic heterocycles. The van der Waals surface area contributed by atoms with Crippen molar-refractivity contribution in [3.8, 4) is 11.5 Å². The first-order valence-corrected chi connectivity index (χ1v) is 10.5. The molecule has 33 heavy (non-hydrogen) atoms. The summed E-state index contributed by atoms with van der Waals surface area (Å²) in [6.07, 6.45) is -1.03. The molecule has 1 unspecified atom stereocenters. The van der Waals surface area contributed by atoms with Crippen LogP contribution in [0.3, 0.4) is 0 Å². The van der Waals surface area contributed by atoms with Crippen LogP contribution in [0.15, 0.2) is 18.2 Å². The van der Waals surface area contributed by atoms with Crippen LogP contribution in [0.5, 0.6) is 11.5 Å².